The highest BCUT2D eigenvalue weighted by Crippen LogP contribution is 2.42. The van der Waals surface area contributed by atoms with Crippen LogP contribution in [-0.2, 0) is 14.3 Å². The Morgan fingerprint density at radius 1 is 0.971 bits per heavy atom. The van der Waals surface area contributed by atoms with Crippen LogP contribution in [0.2, 0.25) is 10.0 Å². The second-order valence-corrected chi connectivity index (χ2v) is 9.00. The van der Waals surface area contributed by atoms with Gasteiger partial charge in [0.25, 0.3) is 11.7 Å². The van der Waals surface area contributed by atoms with Gasteiger partial charge in [-0.05, 0) is 35.9 Å². The molecule has 0 aliphatic carbocycles. The molecule has 1 unspecified atom stereocenters. The van der Waals surface area contributed by atoms with Crippen molar-refractivity contribution >= 4 is 40.7 Å². The van der Waals surface area contributed by atoms with Crippen molar-refractivity contribution in [1.82, 2.24) is 9.80 Å². The van der Waals surface area contributed by atoms with Gasteiger partial charge in [-0.2, -0.15) is 0 Å². The molecule has 8 nitrogen and oxygen atoms in total. The van der Waals surface area contributed by atoms with Gasteiger partial charge in [0.2, 0.25) is 6.79 Å². The fourth-order valence-corrected chi connectivity index (χ4v) is 4.72. The SMILES string of the molecule is O=C1C(=O)N(CCN2CCOCC2)C(c2ccc(Cl)c(Cl)c2)/C1=C(\O)c1ccc2c(c1)OCO2. The molecule has 3 aliphatic rings. The van der Waals surface area contributed by atoms with E-state index in [0.717, 1.165) is 13.1 Å². The Balaban J connectivity index is 1.55. The number of amides is 1. The minimum atomic E-state index is -0.818. The number of morpholine rings is 1. The maximum Gasteiger partial charge on any atom is 0.295 e. The Kier molecular flexibility index (Phi) is 6.40. The standard InChI is InChI=1S/C24H22Cl2N2O6/c25-16-3-1-14(11-17(16)26)21-20(22(29)15-2-4-18-19(12-15)34-13-33-18)23(30)24(31)28(21)6-5-27-7-9-32-10-8-27/h1-4,11-12,21,29H,5-10,13H2/b22-20+. The Labute approximate surface area is 206 Å². The largest absolute Gasteiger partial charge is 0.507 e. The monoisotopic (exact) mass is 504 g/mol. The van der Waals surface area contributed by atoms with Crippen LogP contribution < -0.4 is 9.47 Å². The first kappa shape index (κ1) is 23.0. The average molecular weight is 505 g/mol. The molecule has 3 aliphatic heterocycles. The Bertz CT molecular complexity index is 1180. The molecule has 0 aromatic heterocycles. The first-order valence-corrected chi connectivity index (χ1v) is 11.6. The first-order chi connectivity index (χ1) is 16.4. The molecule has 10 heteroatoms. The zero-order chi connectivity index (χ0) is 23.8. The Morgan fingerprint density at radius 3 is 2.50 bits per heavy atom. The van der Waals surface area contributed by atoms with Crippen LogP contribution in [0.25, 0.3) is 5.76 Å². The number of ketones is 1. The predicted molar refractivity (Wildman–Crippen MR) is 125 cm³/mol. The summed E-state index contributed by atoms with van der Waals surface area (Å²) >= 11 is 12.4. The second kappa shape index (κ2) is 9.46. The summed E-state index contributed by atoms with van der Waals surface area (Å²) in [6, 6.07) is 8.98. The van der Waals surface area contributed by atoms with Gasteiger partial charge in [0, 0.05) is 31.7 Å². The number of nitrogens with zero attached hydrogens (tertiary/aromatic N) is 2. The van der Waals surface area contributed by atoms with Crippen molar-refractivity contribution < 1.29 is 28.9 Å². The molecule has 2 aromatic rings. The molecule has 1 amide bonds. The van der Waals surface area contributed by atoms with Gasteiger partial charge < -0.3 is 24.2 Å². The summed E-state index contributed by atoms with van der Waals surface area (Å²) in [6.45, 7) is 3.69. The zero-order valence-corrected chi connectivity index (χ0v) is 19.6. The van der Waals surface area contributed by atoms with Crippen molar-refractivity contribution in [1.29, 1.82) is 0 Å². The maximum absolute atomic E-state index is 13.2. The predicted octanol–water partition coefficient (Wildman–Crippen LogP) is 3.48. The van der Waals surface area contributed by atoms with Crippen molar-refractivity contribution in [3.05, 3.63) is 63.1 Å². The molecule has 2 fully saturated rings. The van der Waals surface area contributed by atoms with Crippen molar-refractivity contribution in [3.63, 3.8) is 0 Å². The van der Waals surface area contributed by atoms with Crippen LogP contribution >= 0.6 is 23.2 Å². The number of likely N-dealkylation sites (tertiary alicyclic amines) is 1. The molecule has 34 heavy (non-hydrogen) atoms. The molecule has 1 atom stereocenters. The fraction of sp³-hybridized carbons (Fsp3) is 0.333. The van der Waals surface area contributed by atoms with Gasteiger partial charge >= 0.3 is 0 Å². The van der Waals surface area contributed by atoms with E-state index in [9.17, 15) is 14.7 Å². The number of benzene rings is 2. The van der Waals surface area contributed by atoms with Crippen LogP contribution in [0.15, 0.2) is 42.0 Å². The topological polar surface area (TPSA) is 88.5 Å². The fourth-order valence-electron chi connectivity index (χ4n) is 4.41. The normalized spacial score (nSPS) is 21.9. The molecule has 3 heterocycles. The second-order valence-electron chi connectivity index (χ2n) is 8.19. The van der Waals surface area contributed by atoms with Crippen molar-refractivity contribution in [2.75, 3.05) is 46.2 Å². The van der Waals surface area contributed by atoms with E-state index in [-0.39, 0.29) is 18.1 Å². The van der Waals surface area contributed by atoms with Crippen LogP contribution in [0.4, 0.5) is 0 Å². The average Bonchev–Trinajstić information content (AvgIpc) is 3.42. The van der Waals surface area contributed by atoms with E-state index in [2.05, 4.69) is 4.90 Å². The highest BCUT2D eigenvalue weighted by molar-refractivity contribution is 6.46. The molecule has 0 bridgehead atoms. The lowest BCUT2D eigenvalue weighted by atomic mass is 9.95. The van der Waals surface area contributed by atoms with Gasteiger partial charge in [0.1, 0.15) is 5.76 Å². The number of aliphatic hydroxyl groups is 1. The summed E-state index contributed by atoms with van der Waals surface area (Å²) in [6.07, 6.45) is 0. The third-order valence-electron chi connectivity index (χ3n) is 6.21. The Hall–Kier alpha value is -2.78. The van der Waals surface area contributed by atoms with E-state index in [1.807, 2.05) is 0 Å². The van der Waals surface area contributed by atoms with Gasteiger partial charge in [0.15, 0.2) is 11.5 Å². The zero-order valence-electron chi connectivity index (χ0n) is 18.1. The van der Waals surface area contributed by atoms with Gasteiger partial charge in [-0.1, -0.05) is 29.3 Å². The van der Waals surface area contributed by atoms with Crippen LogP contribution in [0.3, 0.4) is 0 Å². The number of halogens is 2. The number of hydrogen-bond acceptors (Lipinski definition) is 7. The quantitative estimate of drug-likeness (QED) is 0.378. The summed E-state index contributed by atoms with van der Waals surface area (Å²) in [5.41, 5.74) is 0.919. The van der Waals surface area contributed by atoms with Gasteiger partial charge in [0.05, 0.1) is 34.9 Å². The molecule has 0 radical (unpaired) electrons. The van der Waals surface area contributed by atoms with Crippen molar-refractivity contribution in [2.45, 2.75) is 6.04 Å². The number of ether oxygens (including phenoxy) is 3. The minimum absolute atomic E-state index is 0.00997. The maximum atomic E-state index is 13.2. The molecule has 0 spiro atoms. The van der Waals surface area contributed by atoms with Crippen molar-refractivity contribution in [2.24, 2.45) is 0 Å². The lowest BCUT2D eigenvalue weighted by Crippen LogP contribution is -2.42. The van der Waals surface area contributed by atoms with Gasteiger partial charge in [-0.3, -0.25) is 14.5 Å². The highest BCUT2D eigenvalue weighted by Gasteiger charge is 2.46. The van der Waals surface area contributed by atoms with Crippen molar-refractivity contribution in [3.8, 4) is 11.5 Å². The molecular formula is C24H22Cl2N2O6. The van der Waals surface area contributed by atoms with Crippen LogP contribution in [0, 0.1) is 0 Å². The van der Waals surface area contributed by atoms with Gasteiger partial charge in [-0.25, -0.2) is 0 Å². The third kappa shape index (κ3) is 4.22. The molecule has 1 N–H and O–H groups in total. The van der Waals surface area contributed by atoms with E-state index in [4.69, 9.17) is 37.4 Å². The lowest BCUT2D eigenvalue weighted by molar-refractivity contribution is -0.140. The summed E-state index contributed by atoms with van der Waals surface area (Å²) < 4.78 is 16.1. The molecule has 178 valence electrons. The smallest absolute Gasteiger partial charge is 0.295 e. The van der Waals surface area contributed by atoms with Crippen LogP contribution in [0.5, 0.6) is 11.5 Å². The molecule has 5 rings (SSSR count). The molecule has 0 saturated carbocycles. The van der Waals surface area contributed by atoms with E-state index in [0.29, 0.717) is 59.0 Å². The van der Waals surface area contributed by atoms with Crippen LogP contribution in [-0.4, -0.2) is 72.8 Å². The Morgan fingerprint density at radius 2 is 1.74 bits per heavy atom. The molecule has 2 saturated heterocycles. The number of aliphatic hydroxyl groups excluding tert-OH is 1. The number of Topliss-reactive ketones (excluding diaryl/α,β-unsaturated/α-hetero) is 1. The van der Waals surface area contributed by atoms with E-state index in [1.165, 1.54) is 4.90 Å². The number of fused-ring (bicyclic) bond motifs is 1. The van der Waals surface area contributed by atoms with Gasteiger partial charge in [-0.15, -0.1) is 0 Å². The third-order valence-corrected chi connectivity index (χ3v) is 6.95. The summed E-state index contributed by atoms with van der Waals surface area (Å²) in [4.78, 5) is 30.0. The number of carbonyl (C=O) groups is 2. The first-order valence-electron chi connectivity index (χ1n) is 10.9. The van der Waals surface area contributed by atoms with E-state index < -0.39 is 17.7 Å². The summed E-state index contributed by atoms with van der Waals surface area (Å²) in [5, 5.41) is 11.9. The van der Waals surface area contributed by atoms with E-state index >= 15 is 0 Å². The number of hydrogen-bond donors (Lipinski definition) is 1. The minimum Gasteiger partial charge on any atom is -0.507 e. The number of carbonyl (C=O) groups excluding carboxylic acids is 2. The van der Waals surface area contributed by atoms with E-state index in [1.54, 1.807) is 36.4 Å². The summed E-state index contributed by atoms with van der Waals surface area (Å²) in [5.74, 6) is -0.721. The lowest BCUT2D eigenvalue weighted by Gasteiger charge is -2.31. The highest BCUT2D eigenvalue weighted by atomic mass is 35.5. The molecular weight excluding hydrogens is 483 g/mol. The summed E-state index contributed by atoms with van der Waals surface area (Å²) in [7, 11) is 0. The van der Waals surface area contributed by atoms with Crippen LogP contribution in [0.1, 0.15) is 17.2 Å². The number of rotatable bonds is 5. The molecule has 2 aromatic carbocycles.